The number of hydrogen-bond acceptors (Lipinski definition) is 5. The van der Waals surface area contributed by atoms with Crippen LogP contribution in [0.5, 0.6) is 0 Å². The van der Waals surface area contributed by atoms with Crippen molar-refractivity contribution in [3.63, 3.8) is 0 Å². The van der Waals surface area contributed by atoms with E-state index in [4.69, 9.17) is 4.74 Å². The van der Waals surface area contributed by atoms with Crippen molar-refractivity contribution in [1.82, 2.24) is 0 Å². The predicted octanol–water partition coefficient (Wildman–Crippen LogP) is 5.15. The predicted molar refractivity (Wildman–Crippen MR) is 138 cm³/mol. The molecule has 1 saturated carbocycles. The molecule has 1 N–H and O–H groups in total. The third-order valence-electron chi connectivity index (χ3n) is 6.66. The number of amides is 2. The molecule has 0 radical (unpaired) electrons. The van der Waals surface area contributed by atoms with Gasteiger partial charge in [0.2, 0.25) is 15.9 Å². The smallest absolute Gasteiger partial charge is 0.414 e. The first-order chi connectivity index (χ1) is 16.7. The van der Waals surface area contributed by atoms with Gasteiger partial charge in [-0.2, -0.15) is 0 Å². The minimum Gasteiger partial charge on any atom is -0.446 e. The number of sulfonamides is 1. The molecule has 2 amide bonds. The molecule has 9 heteroatoms. The minimum atomic E-state index is -3.36. The number of fused-ring (bicyclic) bond motifs is 1. The lowest BCUT2D eigenvalue weighted by atomic mass is 9.98. The summed E-state index contributed by atoms with van der Waals surface area (Å²) in [5.74, 6) is -0.0865. The van der Waals surface area contributed by atoms with E-state index >= 15 is 0 Å². The Morgan fingerprint density at radius 3 is 2.29 bits per heavy atom. The summed E-state index contributed by atoms with van der Waals surface area (Å²) in [6, 6.07) is 12.5. The maximum Gasteiger partial charge on any atom is 0.414 e. The normalized spacial score (nSPS) is 18.7. The summed E-state index contributed by atoms with van der Waals surface area (Å²) >= 11 is 0. The van der Waals surface area contributed by atoms with E-state index in [1.165, 1.54) is 13.3 Å². The van der Waals surface area contributed by atoms with E-state index in [1.807, 2.05) is 37.3 Å². The molecule has 0 spiro atoms. The van der Waals surface area contributed by atoms with E-state index in [0.29, 0.717) is 23.6 Å². The summed E-state index contributed by atoms with van der Waals surface area (Å²) in [7, 11) is -3.36. The number of rotatable bonds is 5. The largest absolute Gasteiger partial charge is 0.446 e. The van der Waals surface area contributed by atoms with E-state index in [9.17, 15) is 18.0 Å². The molecule has 188 valence electrons. The fraction of sp³-hybridized carbons (Fsp3) is 0.462. The SMILES string of the molecule is CCS(=O)(=O)Nc1ccc(-c2ccc3c(c2)N(C(=O)OC2CCCCC2)CC(C)N3C(C)=O)cc1. The van der Waals surface area contributed by atoms with E-state index in [2.05, 4.69) is 4.72 Å². The van der Waals surface area contributed by atoms with Crippen molar-refractivity contribution in [2.45, 2.75) is 65.0 Å². The number of anilines is 3. The zero-order valence-electron chi connectivity index (χ0n) is 20.5. The molecule has 0 bridgehead atoms. The topological polar surface area (TPSA) is 96.0 Å². The zero-order chi connectivity index (χ0) is 25.2. The number of carbonyl (C=O) groups is 2. The lowest BCUT2D eigenvalue weighted by Gasteiger charge is -2.41. The third-order valence-corrected chi connectivity index (χ3v) is 7.97. The molecule has 1 atom stereocenters. The molecule has 2 aliphatic rings. The average Bonchev–Trinajstić information content (AvgIpc) is 2.84. The van der Waals surface area contributed by atoms with Crippen LogP contribution in [0, 0.1) is 0 Å². The third kappa shape index (κ3) is 5.61. The van der Waals surface area contributed by atoms with Crippen LogP contribution in [0.4, 0.5) is 21.9 Å². The Morgan fingerprint density at radius 2 is 1.66 bits per heavy atom. The Balaban J connectivity index is 1.65. The van der Waals surface area contributed by atoms with E-state index < -0.39 is 10.0 Å². The molecule has 2 aromatic carbocycles. The molecule has 1 aliphatic heterocycles. The van der Waals surface area contributed by atoms with Gasteiger partial charge in [0.15, 0.2) is 0 Å². The van der Waals surface area contributed by atoms with Crippen LogP contribution in [0.15, 0.2) is 42.5 Å². The van der Waals surface area contributed by atoms with Gasteiger partial charge in [0, 0.05) is 19.2 Å². The number of carbonyl (C=O) groups excluding carboxylic acids is 2. The Bertz CT molecular complexity index is 1190. The molecule has 1 unspecified atom stereocenters. The highest BCUT2D eigenvalue weighted by Crippen LogP contribution is 2.39. The Labute approximate surface area is 207 Å². The highest BCUT2D eigenvalue weighted by molar-refractivity contribution is 7.92. The van der Waals surface area contributed by atoms with Crippen molar-refractivity contribution in [1.29, 1.82) is 0 Å². The number of nitrogens with zero attached hydrogens (tertiary/aromatic N) is 2. The molecule has 4 rings (SSSR count). The van der Waals surface area contributed by atoms with Gasteiger partial charge < -0.3 is 9.64 Å². The van der Waals surface area contributed by atoms with Crippen LogP contribution in [-0.2, 0) is 19.6 Å². The highest BCUT2D eigenvalue weighted by atomic mass is 32.2. The molecule has 8 nitrogen and oxygen atoms in total. The lowest BCUT2D eigenvalue weighted by Crippen LogP contribution is -2.52. The summed E-state index contributed by atoms with van der Waals surface area (Å²) in [6.07, 6.45) is 4.63. The van der Waals surface area contributed by atoms with Crippen LogP contribution in [0.2, 0.25) is 0 Å². The Morgan fingerprint density at radius 1 is 1.00 bits per heavy atom. The fourth-order valence-electron chi connectivity index (χ4n) is 4.83. The van der Waals surface area contributed by atoms with Gasteiger partial charge in [-0.05, 0) is 74.9 Å². The van der Waals surface area contributed by atoms with Crippen LogP contribution < -0.4 is 14.5 Å². The van der Waals surface area contributed by atoms with Crippen molar-refractivity contribution < 1.29 is 22.7 Å². The standard InChI is InChI=1S/C26H33N3O5S/c1-4-35(32,33)27-22-13-10-20(11-14-22)21-12-15-24-25(16-21)28(17-18(2)29(24)19(3)30)26(31)34-23-8-6-5-7-9-23/h10-16,18,23,27H,4-9,17H2,1-3H3. The van der Waals surface area contributed by atoms with E-state index in [-0.39, 0.29) is 29.9 Å². The van der Waals surface area contributed by atoms with Gasteiger partial charge in [-0.1, -0.05) is 24.6 Å². The zero-order valence-corrected chi connectivity index (χ0v) is 21.3. The van der Waals surface area contributed by atoms with Crippen molar-refractivity contribution in [2.24, 2.45) is 0 Å². The molecule has 35 heavy (non-hydrogen) atoms. The number of ether oxygens (including phenoxy) is 1. The first kappa shape index (κ1) is 25.0. The molecular weight excluding hydrogens is 466 g/mol. The maximum atomic E-state index is 13.2. The van der Waals surface area contributed by atoms with Gasteiger partial charge in [-0.3, -0.25) is 14.4 Å². The quantitative estimate of drug-likeness (QED) is 0.614. The van der Waals surface area contributed by atoms with Crippen molar-refractivity contribution in [3.05, 3.63) is 42.5 Å². The summed E-state index contributed by atoms with van der Waals surface area (Å²) in [4.78, 5) is 29.0. The second kappa shape index (κ2) is 10.3. The average molecular weight is 500 g/mol. The molecule has 1 aliphatic carbocycles. The van der Waals surface area contributed by atoms with Crippen LogP contribution in [-0.4, -0.2) is 44.9 Å². The van der Waals surface area contributed by atoms with Gasteiger partial charge in [0.1, 0.15) is 6.10 Å². The highest BCUT2D eigenvalue weighted by Gasteiger charge is 2.35. The van der Waals surface area contributed by atoms with Crippen molar-refractivity contribution in [3.8, 4) is 11.1 Å². The van der Waals surface area contributed by atoms with Crippen molar-refractivity contribution in [2.75, 3.05) is 26.8 Å². The van der Waals surface area contributed by atoms with Crippen LogP contribution in [0.3, 0.4) is 0 Å². The molecule has 0 aromatic heterocycles. The molecule has 1 heterocycles. The fourth-order valence-corrected chi connectivity index (χ4v) is 5.47. The number of benzene rings is 2. The second-order valence-electron chi connectivity index (χ2n) is 9.28. The second-order valence-corrected chi connectivity index (χ2v) is 11.3. The summed E-state index contributed by atoms with van der Waals surface area (Å²) in [6.45, 7) is 5.38. The molecule has 0 saturated heterocycles. The monoisotopic (exact) mass is 499 g/mol. The number of nitrogens with one attached hydrogen (secondary N) is 1. The van der Waals surface area contributed by atoms with Gasteiger partial charge in [-0.25, -0.2) is 13.2 Å². The van der Waals surface area contributed by atoms with Crippen LogP contribution in [0.1, 0.15) is 52.9 Å². The minimum absolute atomic E-state index is 0.00254. The lowest BCUT2D eigenvalue weighted by molar-refractivity contribution is -0.117. The molecule has 2 aromatic rings. The van der Waals surface area contributed by atoms with Gasteiger partial charge >= 0.3 is 6.09 Å². The number of hydrogen-bond donors (Lipinski definition) is 1. The summed E-state index contributed by atoms with van der Waals surface area (Å²) in [5, 5.41) is 0. The Kier molecular flexibility index (Phi) is 7.35. The summed E-state index contributed by atoms with van der Waals surface area (Å²) in [5.41, 5.74) is 3.51. The van der Waals surface area contributed by atoms with Crippen LogP contribution in [0.25, 0.3) is 11.1 Å². The van der Waals surface area contributed by atoms with Gasteiger partial charge in [0.05, 0.1) is 23.2 Å². The van der Waals surface area contributed by atoms with Gasteiger partial charge in [0.25, 0.3) is 0 Å². The van der Waals surface area contributed by atoms with E-state index in [0.717, 1.165) is 36.8 Å². The van der Waals surface area contributed by atoms with Crippen molar-refractivity contribution >= 4 is 39.1 Å². The van der Waals surface area contributed by atoms with Gasteiger partial charge in [-0.15, -0.1) is 0 Å². The first-order valence-corrected chi connectivity index (χ1v) is 13.9. The first-order valence-electron chi connectivity index (χ1n) is 12.2. The molecule has 1 fully saturated rings. The summed E-state index contributed by atoms with van der Waals surface area (Å²) < 4.78 is 32.1. The Hall–Kier alpha value is -3.07. The maximum absolute atomic E-state index is 13.2. The molecular formula is C26H33N3O5S. The van der Waals surface area contributed by atoms with E-state index in [1.54, 1.807) is 28.9 Å². The van der Waals surface area contributed by atoms with Crippen LogP contribution >= 0.6 is 0 Å².